The van der Waals surface area contributed by atoms with Crippen LogP contribution < -0.4 is 0 Å². The monoisotopic (exact) mass is 424 g/mol. The van der Waals surface area contributed by atoms with Crippen molar-refractivity contribution in [2.45, 2.75) is 9.79 Å². The van der Waals surface area contributed by atoms with Crippen molar-refractivity contribution in [2.75, 3.05) is 0 Å². The molecule has 0 amide bonds. The zero-order valence-electron chi connectivity index (χ0n) is 16.3. The largest absolute Gasteiger partial charge is 0.256 e. The van der Waals surface area contributed by atoms with Crippen LogP contribution in [0, 0.1) is 0 Å². The second-order valence-corrected chi connectivity index (χ2v) is 8.64. The van der Waals surface area contributed by atoms with E-state index in [9.17, 15) is 0 Å². The summed E-state index contributed by atoms with van der Waals surface area (Å²) in [6.45, 7) is 0. The lowest BCUT2D eigenvalue weighted by atomic mass is 10.2. The number of hydrogen-bond acceptors (Lipinski definition) is 4. The predicted molar refractivity (Wildman–Crippen MR) is 132 cm³/mol. The molecule has 4 aromatic rings. The Morgan fingerprint density at radius 1 is 0.433 bits per heavy atom. The van der Waals surface area contributed by atoms with E-state index in [0.717, 1.165) is 22.5 Å². The van der Waals surface area contributed by atoms with Crippen molar-refractivity contribution in [3.05, 3.63) is 120 Å². The first-order valence-electron chi connectivity index (χ1n) is 9.59. The lowest BCUT2D eigenvalue weighted by Gasteiger charge is -2.07. The molecule has 0 heterocycles. The van der Waals surface area contributed by atoms with Crippen LogP contribution in [0.1, 0.15) is 11.1 Å². The minimum Gasteiger partial charge on any atom is -0.256 e. The lowest BCUT2D eigenvalue weighted by Crippen LogP contribution is -1.86. The number of hydrogen-bond donors (Lipinski definition) is 0. The van der Waals surface area contributed by atoms with Gasteiger partial charge in [-0.3, -0.25) is 9.98 Å². The fourth-order valence-electron chi connectivity index (χ4n) is 2.73. The third-order valence-corrected chi connectivity index (χ3v) is 6.79. The van der Waals surface area contributed by atoms with Crippen LogP contribution in [-0.4, -0.2) is 12.4 Å². The maximum absolute atomic E-state index is 4.60. The summed E-state index contributed by atoms with van der Waals surface area (Å²) >= 11 is 0. The SMILES string of the molecule is C(=Nc1ccccc1)c1ccccc1SSc1ccccc1C=Nc1ccccc1. The van der Waals surface area contributed by atoms with Gasteiger partial charge in [-0.2, -0.15) is 0 Å². The van der Waals surface area contributed by atoms with Crippen molar-refractivity contribution >= 4 is 45.4 Å². The zero-order valence-corrected chi connectivity index (χ0v) is 17.9. The summed E-state index contributed by atoms with van der Waals surface area (Å²) in [7, 11) is 3.47. The Labute approximate surface area is 185 Å². The van der Waals surface area contributed by atoms with Crippen LogP contribution in [0.25, 0.3) is 0 Å². The Hall–Kier alpha value is -3.08. The van der Waals surface area contributed by atoms with Crippen LogP contribution >= 0.6 is 21.6 Å². The standard InChI is InChI=1S/C26H20N2S2/c1-3-13-23(14-4-1)27-19-21-11-7-9-17-25(21)29-30-26-18-10-8-12-22(26)20-28-24-15-5-2-6-16-24/h1-20H. The molecule has 0 atom stereocenters. The summed E-state index contributed by atoms with van der Waals surface area (Å²) in [5, 5.41) is 0. The van der Waals surface area contributed by atoms with Gasteiger partial charge in [-0.1, -0.05) is 94.4 Å². The van der Waals surface area contributed by atoms with Crippen LogP contribution in [0.15, 0.2) is 129 Å². The van der Waals surface area contributed by atoms with Gasteiger partial charge in [0.15, 0.2) is 0 Å². The van der Waals surface area contributed by atoms with Gasteiger partial charge in [0.05, 0.1) is 11.4 Å². The highest BCUT2D eigenvalue weighted by Gasteiger charge is 2.05. The molecule has 0 radical (unpaired) electrons. The smallest absolute Gasteiger partial charge is 0.0629 e. The summed E-state index contributed by atoms with van der Waals surface area (Å²) in [6.07, 6.45) is 3.86. The Kier molecular flexibility index (Phi) is 7.16. The summed E-state index contributed by atoms with van der Waals surface area (Å²) in [5.74, 6) is 0. The van der Waals surface area contributed by atoms with Crippen molar-refractivity contribution in [3.63, 3.8) is 0 Å². The quantitative estimate of drug-likeness (QED) is 0.222. The first-order valence-corrected chi connectivity index (χ1v) is 11.7. The van der Waals surface area contributed by atoms with Gasteiger partial charge in [-0.05, 0) is 36.4 Å². The zero-order chi connectivity index (χ0) is 20.4. The van der Waals surface area contributed by atoms with Gasteiger partial charge in [0.25, 0.3) is 0 Å². The molecule has 4 aromatic carbocycles. The third-order valence-electron chi connectivity index (χ3n) is 4.28. The Bertz CT molecular complexity index is 1050. The molecule has 0 bridgehead atoms. The molecule has 0 saturated heterocycles. The topological polar surface area (TPSA) is 24.7 Å². The van der Waals surface area contributed by atoms with E-state index >= 15 is 0 Å². The Morgan fingerprint density at radius 3 is 1.23 bits per heavy atom. The van der Waals surface area contributed by atoms with Crippen molar-refractivity contribution in [3.8, 4) is 0 Å². The molecule has 0 aliphatic heterocycles. The molecular formula is C26H20N2S2. The third kappa shape index (κ3) is 5.72. The average Bonchev–Trinajstić information content (AvgIpc) is 2.82. The maximum atomic E-state index is 4.60. The highest BCUT2D eigenvalue weighted by atomic mass is 33.1. The molecule has 0 fully saturated rings. The fraction of sp³-hybridized carbons (Fsp3) is 0. The number of nitrogens with zero attached hydrogens (tertiary/aromatic N) is 2. The van der Waals surface area contributed by atoms with Gasteiger partial charge in [-0.15, -0.1) is 0 Å². The van der Waals surface area contributed by atoms with E-state index in [0.29, 0.717) is 0 Å². The van der Waals surface area contributed by atoms with Crippen molar-refractivity contribution < 1.29 is 0 Å². The highest BCUT2D eigenvalue weighted by Crippen LogP contribution is 2.40. The van der Waals surface area contributed by atoms with Crippen molar-refractivity contribution in [2.24, 2.45) is 9.98 Å². The number of benzene rings is 4. The average molecular weight is 425 g/mol. The van der Waals surface area contributed by atoms with Crippen molar-refractivity contribution in [1.29, 1.82) is 0 Å². The minimum atomic E-state index is 0.951. The van der Waals surface area contributed by atoms with Crippen LogP contribution in [0.5, 0.6) is 0 Å². The first-order chi connectivity index (χ1) is 14.9. The highest BCUT2D eigenvalue weighted by molar-refractivity contribution is 8.76. The van der Waals surface area contributed by atoms with E-state index in [1.807, 2.05) is 85.2 Å². The second kappa shape index (κ2) is 10.6. The normalized spacial score (nSPS) is 11.3. The molecule has 0 aromatic heterocycles. The summed E-state index contributed by atoms with van der Waals surface area (Å²) in [4.78, 5) is 11.6. The minimum absolute atomic E-state index is 0.951. The molecule has 0 aliphatic carbocycles. The fourth-order valence-corrected chi connectivity index (χ4v) is 5.06. The molecule has 4 rings (SSSR count). The maximum Gasteiger partial charge on any atom is 0.0629 e. The molecule has 0 N–H and O–H groups in total. The lowest BCUT2D eigenvalue weighted by molar-refractivity contribution is 1.42. The van der Waals surface area contributed by atoms with E-state index in [-0.39, 0.29) is 0 Å². The summed E-state index contributed by atoms with van der Waals surface area (Å²) < 4.78 is 0. The molecule has 0 unspecified atom stereocenters. The molecule has 0 aliphatic rings. The van der Waals surface area contributed by atoms with E-state index < -0.39 is 0 Å². The Balaban J connectivity index is 1.49. The van der Waals surface area contributed by atoms with Crippen LogP contribution in [0.3, 0.4) is 0 Å². The number of aliphatic imine (C=N–C) groups is 2. The number of rotatable bonds is 7. The van der Waals surface area contributed by atoms with Gasteiger partial charge >= 0.3 is 0 Å². The van der Waals surface area contributed by atoms with Gasteiger partial charge in [0, 0.05) is 33.3 Å². The van der Waals surface area contributed by atoms with Gasteiger partial charge in [-0.25, -0.2) is 0 Å². The molecular weight excluding hydrogens is 404 g/mol. The van der Waals surface area contributed by atoms with E-state index in [2.05, 4.69) is 46.4 Å². The Morgan fingerprint density at radius 2 is 0.800 bits per heavy atom. The molecule has 146 valence electrons. The summed E-state index contributed by atoms with van der Waals surface area (Å²) in [6, 6.07) is 36.7. The summed E-state index contributed by atoms with van der Waals surface area (Å²) in [5.41, 5.74) is 4.11. The van der Waals surface area contributed by atoms with Crippen LogP contribution in [-0.2, 0) is 0 Å². The second-order valence-electron chi connectivity index (χ2n) is 6.43. The molecule has 4 heteroatoms. The van der Waals surface area contributed by atoms with E-state index in [4.69, 9.17) is 0 Å². The van der Waals surface area contributed by atoms with Crippen LogP contribution in [0.4, 0.5) is 11.4 Å². The molecule has 30 heavy (non-hydrogen) atoms. The van der Waals surface area contributed by atoms with Crippen molar-refractivity contribution in [1.82, 2.24) is 0 Å². The van der Waals surface area contributed by atoms with E-state index in [1.165, 1.54) is 9.79 Å². The van der Waals surface area contributed by atoms with E-state index in [1.54, 1.807) is 21.6 Å². The molecule has 0 saturated carbocycles. The van der Waals surface area contributed by atoms with Gasteiger partial charge in [0.1, 0.15) is 0 Å². The number of para-hydroxylation sites is 2. The van der Waals surface area contributed by atoms with Crippen LogP contribution in [0.2, 0.25) is 0 Å². The molecule has 2 nitrogen and oxygen atoms in total. The first kappa shape index (κ1) is 20.2. The predicted octanol–water partition coefficient (Wildman–Crippen LogP) is 7.99. The van der Waals surface area contributed by atoms with Gasteiger partial charge < -0.3 is 0 Å². The van der Waals surface area contributed by atoms with Gasteiger partial charge in [0.2, 0.25) is 0 Å². The molecule has 0 spiro atoms.